The van der Waals surface area contributed by atoms with Crippen molar-refractivity contribution in [2.45, 2.75) is 51.2 Å². The molecule has 0 spiro atoms. The highest BCUT2D eigenvalue weighted by molar-refractivity contribution is 7.89. The largest absolute Gasteiger partial charge is 0.267 e. The van der Waals surface area contributed by atoms with Crippen LogP contribution in [0.2, 0.25) is 0 Å². The highest BCUT2D eigenvalue weighted by Crippen LogP contribution is 2.39. The molecule has 0 N–H and O–H groups in total. The summed E-state index contributed by atoms with van der Waals surface area (Å²) in [4.78, 5) is 5.55. The van der Waals surface area contributed by atoms with Crippen LogP contribution in [0.3, 0.4) is 0 Å². The first kappa shape index (κ1) is 16.0. The fourth-order valence-corrected chi connectivity index (χ4v) is 3.52. The number of hydrogen-bond acceptors (Lipinski definition) is 3. The third-order valence-electron chi connectivity index (χ3n) is 3.52. The van der Waals surface area contributed by atoms with Crippen molar-refractivity contribution < 1.29 is 13.3 Å². The first-order chi connectivity index (χ1) is 9.87. The van der Waals surface area contributed by atoms with Gasteiger partial charge in [0.05, 0.1) is 4.90 Å². The van der Waals surface area contributed by atoms with E-state index < -0.39 is 10.0 Å². The Kier molecular flexibility index (Phi) is 4.72. The van der Waals surface area contributed by atoms with Crippen molar-refractivity contribution >= 4 is 10.0 Å². The maximum Gasteiger partial charge on any atom is 0.267 e. The number of hydroxylamine groups is 1. The van der Waals surface area contributed by atoms with Crippen LogP contribution >= 0.6 is 0 Å². The first-order valence-electron chi connectivity index (χ1n) is 7.03. The van der Waals surface area contributed by atoms with Crippen LogP contribution in [-0.2, 0) is 14.9 Å². The minimum Gasteiger partial charge on any atom is -0.259 e. The van der Waals surface area contributed by atoms with Crippen molar-refractivity contribution in [3.8, 4) is 11.8 Å². The minimum absolute atomic E-state index is 0.00449. The summed E-state index contributed by atoms with van der Waals surface area (Å²) in [5.41, 5.74) is -0.00449. The van der Waals surface area contributed by atoms with E-state index in [-0.39, 0.29) is 16.5 Å². The molecular formula is C16H21NO3S. The number of rotatable bonds is 6. The van der Waals surface area contributed by atoms with E-state index in [0.29, 0.717) is 6.42 Å². The Morgan fingerprint density at radius 1 is 1.29 bits per heavy atom. The average molecular weight is 307 g/mol. The monoisotopic (exact) mass is 307 g/mol. The van der Waals surface area contributed by atoms with Gasteiger partial charge in [0.2, 0.25) is 0 Å². The van der Waals surface area contributed by atoms with Crippen molar-refractivity contribution in [1.82, 2.24) is 4.47 Å². The van der Waals surface area contributed by atoms with Crippen LogP contribution < -0.4 is 0 Å². The molecule has 0 bridgehead atoms. The van der Waals surface area contributed by atoms with E-state index in [4.69, 9.17) is 4.84 Å². The van der Waals surface area contributed by atoms with E-state index in [1.54, 1.807) is 30.3 Å². The summed E-state index contributed by atoms with van der Waals surface area (Å²) >= 11 is 0. The van der Waals surface area contributed by atoms with Crippen molar-refractivity contribution in [1.29, 1.82) is 0 Å². The number of nitrogens with zero attached hydrogens (tertiary/aromatic N) is 1. The summed E-state index contributed by atoms with van der Waals surface area (Å²) in [5, 5.41) is 0. The molecule has 1 aliphatic rings. The lowest BCUT2D eigenvalue weighted by Crippen LogP contribution is -2.20. The van der Waals surface area contributed by atoms with Gasteiger partial charge in [-0.1, -0.05) is 32.0 Å². The topological polar surface area (TPSA) is 49.7 Å². The molecule has 2 rings (SSSR count). The summed E-state index contributed by atoms with van der Waals surface area (Å²) in [6.07, 6.45) is 2.05. The molecule has 1 fully saturated rings. The molecule has 0 saturated carbocycles. The van der Waals surface area contributed by atoms with Crippen LogP contribution in [0.4, 0.5) is 0 Å². The number of hydrogen-bond donors (Lipinski definition) is 0. The van der Waals surface area contributed by atoms with Gasteiger partial charge in [-0.15, -0.1) is 11.8 Å². The maximum atomic E-state index is 12.3. The Bertz CT molecular complexity index is 641. The quantitative estimate of drug-likeness (QED) is 0.599. The molecule has 1 saturated heterocycles. The van der Waals surface area contributed by atoms with E-state index in [9.17, 15) is 8.42 Å². The number of benzene rings is 1. The maximum absolute atomic E-state index is 12.3. The zero-order valence-electron chi connectivity index (χ0n) is 12.7. The Balaban J connectivity index is 1.96. The second-order valence-electron chi connectivity index (χ2n) is 5.93. The van der Waals surface area contributed by atoms with Gasteiger partial charge in [0.25, 0.3) is 10.0 Å². The fraction of sp³-hybridized carbons (Fsp3) is 0.500. The van der Waals surface area contributed by atoms with E-state index >= 15 is 0 Å². The zero-order valence-corrected chi connectivity index (χ0v) is 13.5. The SMILES string of the molecule is CC#CCCC(C)(C)CC1ON1S(=O)(=O)c1ccccc1. The van der Waals surface area contributed by atoms with Crippen LogP contribution in [0.5, 0.6) is 0 Å². The van der Waals surface area contributed by atoms with E-state index in [2.05, 4.69) is 25.7 Å². The van der Waals surface area contributed by atoms with Gasteiger partial charge in [0.15, 0.2) is 6.23 Å². The lowest BCUT2D eigenvalue weighted by Gasteiger charge is -2.21. The average Bonchev–Trinajstić information content (AvgIpc) is 3.19. The molecule has 0 amide bonds. The Morgan fingerprint density at radius 3 is 2.57 bits per heavy atom. The molecule has 5 heteroatoms. The lowest BCUT2D eigenvalue weighted by atomic mass is 9.84. The lowest BCUT2D eigenvalue weighted by molar-refractivity contribution is 0.245. The van der Waals surface area contributed by atoms with Gasteiger partial charge in [-0.05, 0) is 41.8 Å². The highest BCUT2D eigenvalue weighted by atomic mass is 32.2. The number of sulfonamides is 1. The van der Waals surface area contributed by atoms with Crippen molar-refractivity contribution in [3.63, 3.8) is 0 Å². The smallest absolute Gasteiger partial charge is 0.259 e. The molecule has 1 aromatic carbocycles. The molecule has 4 nitrogen and oxygen atoms in total. The van der Waals surface area contributed by atoms with Crippen LogP contribution in [0.1, 0.15) is 40.0 Å². The van der Waals surface area contributed by atoms with Crippen LogP contribution in [0.15, 0.2) is 35.2 Å². The van der Waals surface area contributed by atoms with E-state index in [0.717, 1.165) is 17.3 Å². The Morgan fingerprint density at radius 2 is 1.95 bits per heavy atom. The summed E-state index contributed by atoms with van der Waals surface area (Å²) in [6, 6.07) is 8.36. The predicted molar refractivity (Wildman–Crippen MR) is 81.4 cm³/mol. The Labute approximate surface area is 127 Å². The fourth-order valence-electron chi connectivity index (χ4n) is 2.21. The molecule has 0 aromatic heterocycles. The van der Waals surface area contributed by atoms with Gasteiger partial charge in [0, 0.05) is 6.42 Å². The molecule has 2 atom stereocenters. The summed E-state index contributed by atoms with van der Waals surface area (Å²) in [5.74, 6) is 5.92. The normalized spacial score (nSPS) is 21.5. The van der Waals surface area contributed by atoms with Gasteiger partial charge in [-0.3, -0.25) is 4.84 Å². The summed E-state index contributed by atoms with van der Waals surface area (Å²) < 4.78 is 25.8. The van der Waals surface area contributed by atoms with Gasteiger partial charge in [0.1, 0.15) is 0 Å². The molecule has 1 aromatic rings. The van der Waals surface area contributed by atoms with Gasteiger partial charge in [-0.2, -0.15) is 0 Å². The van der Waals surface area contributed by atoms with Crippen LogP contribution in [0, 0.1) is 17.3 Å². The molecule has 0 aliphatic carbocycles. The van der Waals surface area contributed by atoms with Crippen LogP contribution in [0.25, 0.3) is 0 Å². The third kappa shape index (κ3) is 4.07. The second-order valence-corrected chi connectivity index (χ2v) is 7.71. The predicted octanol–water partition coefficient (Wildman–Crippen LogP) is 3.17. The highest BCUT2D eigenvalue weighted by Gasteiger charge is 2.49. The van der Waals surface area contributed by atoms with Crippen molar-refractivity contribution in [2.24, 2.45) is 5.41 Å². The molecule has 2 unspecified atom stereocenters. The zero-order chi connectivity index (χ0) is 15.5. The first-order valence-corrected chi connectivity index (χ1v) is 8.47. The van der Waals surface area contributed by atoms with Crippen LogP contribution in [-0.4, -0.2) is 19.1 Å². The van der Waals surface area contributed by atoms with Gasteiger partial charge < -0.3 is 0 Å². The van der Waals surface area contributed by atoms with Gasteiger partial charge in [-0.25, -0.2) is 8.42 Å². The van der Waals surface area contributed by atoms with Crippen molar-refractivity contribution in [2.75, 3.05) is 0 Å². The standard InChI is InChI=1S/C16H21NO3S/c1-4-5-9-12-16(2,3)13-15-17(20-15)21(18,19)14-10-7-6-8-11-14/h6-8,10-11,15H,9,12-13H2,1-3H3. The molecular weight excluding hydrogens is 286 g/mol. The molecule has 1 aliphatic heterocycles. The minimum atomic E-state index is -3.53. The van der Waals surface area contributed by atoms with Crippen molar-refractivity contribution in [3.05, 3.63) is 30.3 Å². The molecule has 0 radical (unpaired) electrons. The Hall–Kier alpha value is -1.35. The van der Waals surface area contributed by atoms with E-state index in [1.165, 1.54) is 0 Å². The van der Waals surface area contributed by atoms with Gasteiger partial charge >= 0.3 is 0 Å². The molecule has 1 heterocycles. The summed E-state index contributed by atoms with van der Waals surface area (Å²) in [7, 11) is -3.53. The molecule has 114 valence electrons. The summed E-state index contributed by atoms with van der Waals surface area (Å²) in [6.45, 7) is 6.05. The second kappa shape index (κ2) is 6.18. The third-order valence-corrected chi connectivity index (χ3v) is 5.19. The van der Waals surface area contributed by atoms with E-state index in [1.807, 2.05) is 6.92 Å². The molecule has 21 heavy (non-hydrogen) atoms.